The summed E-state index contributed by atoms with van der Waals surface area (Å²) in [5.41, 5.74) is -0.682. The lowest BCUT2D eigenvalue weighted by molar-refractivity contribution is -0.141. The summed E-state index contributed by atoms with van der Waals surface area (Å²) < 4.78 is 62.3. The molecule has 9 heteroatoms. The quantitative estimate of drug-likeness (QED) is 0.860. The number of hydrogen-bond acceptors (Lipinski definition) is 3. The molecule has 1 saturated heterocycles. The van der Waals surface area contributed by atoms with Crippen molar-refractivity contribution in [2.75, 3.05) is 24.5 Å². The number of aromatic nitrogens is 1. The van der Waals surface area contributed by atoms with Crippen LogP contribution in [0.2, 0.25) is 0 Å². The SMILES string of the molecule is O=C(NCC(F)F)C1CCCN(c2ccnc(C(F)(F)F)c2)C1. The third-order valence-electron chi connectivity index (χ3n) is 3.62. The van der Waals surface area contributed by atoms with Gasteiger partial charge in [0.05, 0.1) is 12.5 Å². The van der Waals surface area contributed by atoms with E-state index in [4.69, 9.17) is 0 Å². The second-order valence-corrected chi connectivity index (χ2v) is 5.32. The molecule has 1 amide bonds. The van der Waals surface area contributed by atoms with E-state index < -0.39 is 36.7 Å². The Bertz CT molecular complexity index is 549. The Hall–Kier alpha value is -1.93. The molecule has 23 heavy (non-hydrogen) atoms. The molecule has 4 nitrogen and oxygen atoms in total. The summed E-state index contributed by atoms with van der Waals surface area (Å²) in [7, 11) is 0. The summed E-state index contributed by atoms with van der Waals surface area (Å²) in [5.74, 6) is -1.02. The highest BCUT2D eigenvalue weighted by atomic mass is 19.4. The number of rotatable bonds is 4. The van der Waals surface area contributed by atoms with Crippen molar-refractivity contribution in [3.63, 3.8) is 0 Å². The van der Waals surface area contributed by atoms with Crippen molar-refractivity contribution < 1.29 is 26.7 Å². The zero-order valence-electron chi connectivity index (χ0n) is 12.1. The van der Waals surface area contributed by atoms with Gasteiger partial charge in [0.2, 0.25) is 5.91 Å². The number of alkyl halides is 5. The van der Waals surface area contributed by atoms with Crippen LogP contribution in [0.3, 0.4) is 0 Å². The molecule has 0 aliphatic carbocycles. The fraction of sp³-hybridized carbons (Fsp3) is 0.571. The van der Waals surface area contributed by atoms with Gasteiger partial charge >= 0.3 is 6.18 Å². The average Bonchev–Trinajstić information content (AvgIpc) is 2.52. The van der Waals surface area contributed by atoms with E-state index in [0.717, 1.165) is 12.3 Å². The van der Waals surface area contributed by atoms with Crippen LogP contribution in [0, 0.1) is 5.92 Å². The molecule has 2 rings (SSSR count). The van der Waals surface area contributed by atoms with Gasteiger partial charge in [0.1, 0.15) is 5.69 Å². The van der Waals surface area contributed by atoms with E-state index in [1.165, 1.54) is 6.07 Å². The molecular formula is C14H16F5N3O. The highest BCUT2D eigenvalue weighted by Gasteiger charge is 2.33. The lowest BCUT2D eigenvalue weighted by atomic mass is 9.96. The van der Waals surface area contributed by atoms with Crippen molar-refractivity contribution in [1.29, 1.82) is 0 Å². The normalized spacial score (nSPS) is 19.0. The maximum absolute atomic E-state index is 12.7. The molecule has 1 unspecified atom stereocenters. The minimum atomic E-state index is -4.54. The van der Waals surface area contributed by atoms with Crippen LogP contribution in [0.4, 0.5) is 27.6 Å². The minimum absolute atomic E-state index is 0.191. The van der Waals surface area contributed by atoms with Crippen LogP contribution in [0.25, 0.3) is 0 Å². The van der Waals surface area contributed by atoms with Crippen molar-refractivity contribution in [1.82, 2.24) is 10.3 Å². The van der Waals surface area contributed by atoms with E-state index in [1.807, 2.05) is 0 Å². The van der Waals surface area contributed by atoms with Crippen LogP contribution in [-0.2, 0) is 11.0 Å². The van der Waals surface area contributed by atoms with Crippen molar-refractivity contribution in [2.45, 2.75) is 25.4 Å². The number of hydrogen-bond donors (Lipinski definition) is 1. The first kappa shape index (κ1) is 17.4. The Morgan fingerprint density at radius 1 is 1.43 bits per heavy atom. The molecular weight excluding hydrogens is 321 g/mol. The highest BCUT2D eigenvalue weighted by molar-refractivity contribution is 5.79. The van der Waals surface area contributed by atoms with Gasteiger partial charge in [-0.05, 0) is 25.0 Å². The fourth-order valence-electron chi connectivity index (χ4n) is 2.52. The number of nitrogens with zero attached hydrogens (tertiary/aromatic N) is 2. The molecule has 1 atom stereocenters. The van der Waals surface area contributed by atoms with Gasteiger partial charge in [-0.15, -0.1) is 0 Å². The zero-order valence-corrected chi connectivity index (χ0v) is 12.1. The van der Waals surface area contributed by atoms with Gasteiger partial charge in [0.25, 0.3) is 6.43 Å². The van der Waals surface area contributed by atoms with Gasteiger partial charge < -0.3 is 10.2 Å². The van der Waals surface area contributed by atoms with Crippen LogP contribution in [0.1, 0.15) is 18.5 Å². The molecule has 1 aliphatic rings. The summed E-state index contributed by atoms with van der Waals surface area (Å²) in [6.07, 6.45) is -4.99. The van der Waals surface area contributed by atoms with E-state index in [1.54, 1.807) is 4.90 Å². The lowest BCUT2D eigenvalue weighted by Gasteiger charge is -2.33. The molecule has 1 fully saturated rings. The van der Waals surface area contributed by atoms with Gasteiger partial charge in [0, 0.05) is 25.0 Å². The number of piperidine rings is 1. The zero-order chi connectivity index (χ0) is 17.0. The van der Waals surface area contributed by atoms with Crippen LogP contribution >= 0.6 is 0 Å². The second kappa shape index (κ2) is 7.10. The van der Waals surface area contributed by atoms with Crippen LogP contribution in [0.5, 0.6) is 0 Å². The minimum Gasteiger partial charge on any atom is -0.371 e. The number of halogens is 5. The molecule has 1 aromatic heterocycles. The van der Waals surface area contributed by atoms with E-state index in [9.17, 15) is 26.7 Å². The van der Waals surface area contributed by atoms with Crippen molar-refractivity contribution >= 4 is 11.6 Å². The first-order valence-electron chi connectivity index (χ1n) is 7.11. The van der Waals surface area contributed by atoms with Crippen LogP contribution in [-0.4, -0.2) is 37.0 Å². The summed E-state index contributed by atoms with van der Waals surface area (Å²) in [4.78, 5) is 16.8. The van der Waals surface area contributed by atoms with Crippen molar-refractivity contribution in [3.05, 3.63) is 24.0 Å². The standard InChI is InChI=1S/C14H16F5N3O/c15-12(16)7-21-13(23)9-2-1-5-22(8-9)10-3-4-20-11(6-10)14(17,18)19/h3-4,6,9,12H,1-2,5,7-8H2,(H,21,23). The van der Waals surface area contributed by atoms with Crippen molar-refractivity contribution in [2.24, 2.45) is 5.92 Å². The Kier molecular flexibility index (Phi) is 5.38. The maximum atomic E-state index is 12.7. The van der Waals surface area contributed by atoms with E-state index in [2.05, 4.69) is 10.3 Å². The monoisotopic (exact) mass is 337 g/mol. The third kappa shape index (κ3) is 4.77. The Balaban J connectivity index is 2.05. The Morgan fingerprint density at radius 3 is 2.83 bits per heavy atom. The molecule has 0 radical (unpaired) electrons. The molecule has 1 N–H and O–H groups in total. The fourth-order valence-corrected chi connectivity index (χ4v) is 2.52. The van der Waals surface area contributed by atoms with Crippen LogP contribution in [0.15, 0.2) is 18.3 Å². The lowest BCUT2D eigenvalue weighted by Crippen LogP contribution is -2.44. The first-order valence-corrected chi connectivity index (χ1v) is 7.11. The smallest absolute Gasteiger partial charge is 0.371 e. The predicted molar refractivity (Wildman–Crippen MR) is 73.2 cm³/mol. The van der Waals surface area contributed by atoms with Gasteiger partial charge in [-0.1, -0.05) is 0 Å². The Labute approximate surface area is 129 Å². The number of amides is 1. The molecule has 128 valence electrons. The molecule has 1 aromatic rings. The maximum Gasteiger partial charge on any atom is 0.433 e. The van der Waals surface area contributed by atoms with E-state index in [-0.39, 0.29) is 6.54 Å². The molecule has 0 spiro atoms. The number of nitrogens with one attached hydrogen (secondary N) is 1. The number of carbonyl (C=O) groups is 1. The summed E-state index contributed by atoms with van der Waals surface area (Å²) >= 11 is 0. The summed E-state index contributed by atoms with van der Waals surface area (Å²) in [5, 5.41) is 2.15. The third-order valence-corrected chi connectivity index (χ3v) is 3.62. The molecule has 0 saturated carbocycles. The first-order chi connectivity index (χ1) is 10.8. The van der Waals surface area contributed by atoms with E-state index in [0.29, 0.717) is 25.1 Å². The summed E-state index contributed by atoms with van der Waals surface area (Å²) in [6, 6.07) is 2.37. The predicted octanol–water partition coefficient (Wildman–Crippen LogP) is 2.70. The Morgan fingerprint density at radius 2 is 2.17 bits per heavy atom. The van der Waals surface area contributed by atoms with Gasteiger partial charge in [-0.2, -0.15) is 13.2 Å². The molecule has 0 bridgehead atoms. The summed E-state index contributed by atoms with van der Waals surface area (Å²) in [6.45, 7) is -0.0286. The molecule has 2 heterocycles. The van der Waals surface area contributed by atoms with Gasteiger partial charge in [0.15, 0.2) is 0 Å². The number of anilines is 1. The largest absolute Gasteiger partial charge is 0.433 e. The van der Waals surface area contributed by atoms with Gasteiger partial charge in [-0.25, -0.2) is 8.78 Å². The topological polar surface area (TPSA) is 45.2 Å². The molecule has 0 aromatic carbocycles. The van der Waals surface area contributed by atoms with E-state index >= 15 is 0 Å². The number of carbonyl (C=O) groups excluding carboxylic acids is 1. The highest BCUT2D eigenvalue weighted by Crippen LogP contribution is 2.31. The average molecular weight is 337 g/mol. The van der Waals surface area contributed by atoms with Crippen LogP contribution < -0.4 is 10.2 Å². The molecule has 1 aliphatic heterocycles. The van der Waals surface area contributed by atoms with Crippen molar-refractivity contribution in [3.8, 4) is 0 Å². The second-order valence-electron chi connectivity index (χ2n) is 5.32. The number of pyridine rings is 1. The van der Waals surface area contributed by atoms with Gasteiger partial charge in [-0.3, -0.25) is 9.78 Å².